The molecule has 0 unspecified atom stereocenters. The maximum absolute atomic E-state index is 9.67. The van der Waals surface area contributed by atoms with Gasteiger partial charge in [0.2, 0.25) is 0 Å². The molecular formula is C20H18F3S+. The lowest BCUT2D eigenvalue weighted by Gasteiger charge is -2.11. The molecule has 0 radical (unpaired) electrons. The van der Waals surface area contributed by atoms with Crippen molar-refractivity contribution in [2.75, 3.05) is 6.26 Å². The lowest BCUT2D eigenvalue weighted by molar-refractivity contribution is 0.00819. The Balaban J connectivity index is 0.000000471. The Labute approximate surface area is 144 Å². The maximum atomic E-state index is 9.67. The predicted molar refractivity (Wildman–Crippen MR) is 97.4 cm³/mol. The highest BCUT2D eigenvalue weighted by Gasteiger charge is 2.15. The van der Waals surface area contributed by atoms with Crippen LogP contribution >= 0.6 is 0 Å². The summed E-state index contributed by atoms with van der Waals surface area (Å²) < 4.78 is 29.0. The molecule has 3 aromatic rings. The van der Waals surface area contributed by atoms with E-state index in [9.17, 15) is 13.2 Å². The first kappa shape index (κ1) is 18.1. The molecule has 0 aliphatic heterocycles. The van der Waals surface area contributed by atoms with Gasteiger partial charge < -0.3 is 0 Å². The zero-order chi connectivity index (χ0) is 17.4. The minimum absolute atomic E-state index is 1.27. The van der Waals surface area contributed by atoms with Crippen LogP contribution in [0.15, 0.2) is 83.8 Å². The van der Waals surface area contributed by atoms with Crippen LogP contribution < -0.4 is 0 Å². The van der Waals surface area contributed by atoms with E-state index in [-0.39, 0.29) is 0 Å². The highest BCUT2D eigenvalue weighted by atomic mass is 32.2. The fraction of sp³-hybridized carbons (Fsp3) is 0.100. The largest absolute Gasteiger partial charge is 0.379 e. The van der Waals surface area contributed by atoms with E-state index in [4.69, 9.17) is 0 Å². The summed E-state index contributed by atoms with van der Waals surface area (Å²) in [6.07, 6.45) is 2.19. The Morgan fingerprint density at radius 2 is 1.17 bits per heavy atom. The van der Waals surface area contributed by atoms with Crippen molar-refractivity contribution < 1.29 is 13.2 Å². The van der Waals surface area contributed by atoms with Crippen molar-refractivity contribution in [3.05, 3.63) is 78.9 Å². The van der Waals surface area contributed by atoms with E-state index < -0.39 is 6.68 Å². The number of hydrogen-bond acceptors (Lipinski definition) is 0. The van der Waals surface area contributed by atoms with Crippen molar-refractivity contribution in [1.82, 2.24) is 0 Å². The summed E-state index contributed by atoms with van der Waals surface area (Å²) >= 11 is 1.30. The Morgan fingerprint density at radius 1 is 0.667 bits per heavy atom. The van der Waals surface area contributed by atoms with Crippen LogP contribution in [0.4, 0.5) is 13.2 Å². The van der Waals surface area contributed by atoms with E-state index in [1.165, 1.54) is 38.9 Å². The van der Waals surface area contributed by atoms with Crippen LogP contribution in [0.1, 0.15) is 0 Å². The number of thiol groups is 1. The molecule has 0 aromatic heterocycles. The van der Waals surface area contributed by atoms with E-state index in [1.54, 1.807) is 0 Å². The average Bonchev–Trinajstić information content (AvgIpc) is 2.62. The summed E-state index contributed by atoms with van der Waals surface area (Å²) in [5.41, 5.74) is 5.22. The average molecular weight is 347 g/mol. The molecule has 0 aliphatic carbocycles. The van der Waals surface area contributed by atoms with Gasteiger partial charge in [-0.15, -0.1) is 0 Å². The molecule has 0 fully saturated rings. The quantitative estimate of drug-likeness (QED) is 0.402. The Hall–Kier alpha value is -2.20. The molecule has 0 heterocycles. The van der Waals surface area contributed by atoms with Crippen molar-refractivity contribution >= 4 is 11.8 Å². The maximum Gasteiger partial charge on any atom is 0.379 e. The zero-order valence-corrected chi connectivity index (χ0v) is 14.1. The lowest BCUT2D eigenvalue weighted by Crippen LogP contribution is -1.91. The second kappa shape index (κ2) is 9.18. The van der Waals surface area contributed by atoms with Crippen LogP contribution in [-0.4, -0.2) is 12.9 Å². The summed E-state index contributed by atoms with van der Waals surface area (Å²) in [6.45, 7) is -3.67. The number of halogens is 3. The van der Waals surface area contributed by atoms with Gasteiger partial charge in [-0.3, -0.25) is 0 Å². The van der Waals surface area contributed by atoms with Gasteiger partial charge in [-0.25, -0.2) is 0 Å². The molecule has 0 bridgehead atoms. The molecule has 0 aliphatic rings. The normalized spacial score (nSPS) is 10.2. The zero-order valence-electron chi connectivity index (χ0n) is 13.2. The van der Waals surface area contributed by atoms with Crippen molar-refractivity contribution in [2.45, 2.75) is 11.6 Å². The second-order valence-corrected chi connectivity index (χ2v) is 5.83. The Kier molecular flexibility index (Phi) is 6.94. The lowest BCUT2D eigenvalue weighted by atomic mass is 9.94. The van der Waals surface area contributed by atoms with E-state index in [0.29, 0.717) is 0 Å². The number of benzene rings is 3. The Morgan fingerprint density at radius 3 is 1.67 bits per heavy atom. The van der Waals surface area contributed by atoms with Gasteiger partial charge in [0.1, 0.15) is 6.26 Å². The highest BCUT2D eigenvalue weighted by Crippen LogP contribution is 2.35. The molecule has 0 N–H and O–H groups in total. The molecule has 0 spiro atoms. The van der Waals surface area contributed by atoms with Crippen molar-refractivity contribution in [2.24, 2.45) is 0 Å². The molecule has 0 nitrogen and oxygen atoms in total. The fourth-order valence-electron chi connectivity index (χ4n) is 2.49. The number of hydrogen-bond donors (Lipinski definition) is 0. The van der Waals surface area contributed by atoms with Gasteiger partial charge in [-0.05, 0) is 22.8 Å². The van der Waals surface area contributed by atoms with E-state index >= 15 is 0 Å². The van der Waals surface area contributed by atoms with Gasteiger partial charge in [0.25, 0.3) is 0 Å². The van der Waals surface area contributed by atoms with Crippen LogP contribution in [0.3, 0.4) is 0 Å². The number of alkyl halides is 3. The SMILES string of the molecule is C[SH+]c1cccc(-c2ccccc2)c1-c1ccccc1.FC(F)F. The molecule has 0 amide bonds. The Bertz CT molecular complexity index is 741. The van der Waals surface area contributed by atoms with Crippen LogP contribution in [0.5, 0.6) is 0 Å². The molecule has 24 heavy (non-hydrogen) atoms. The van der Waals surface area contributed by atoms with E-state index in [1.807, 2.05) is 0 Å². The predicted octanol–water partition coefficient (Wildman–Crippen LogP) is 6.00. The minimum atomic E-state index is -3.67. The van der Waals surface area contributed by atoms with E-state index in [0.717, 1.165) is 0 Å². The van der Waals surface area contributed by atoms with Crippen LogP contribution in [0.2, 0.25) is 0 Å². The molecule has 3 aromatic carbocycles. The van der Waals surface area contributed by atoms with Gasteiger partial charge in [-0.1, -0.05) is 72.8 Å². The van der Waals surface area contributed by atoms with Crippen molar-refractivity contribution in [3.8, 4) is 22.3 Å². The van der Waals surface area contributed by atoms with Gasteiger partial charge in [0, 0.05) is 17.3 Å². The summed E-state index contributed by atoms with van der Waals surface area (Å²) in [4.78, 5) is 1.37. The number of rotatable bonds is 3. The molecule has 4 heteroatoms. The fourth-order valence-corrected chi connectivity index (χ4v) is 3.20. The standard InChI is InChI=1S/C19H16S.CHF3/c1-20-18-14-8-13-17(15-9-4-2-5-10-15)19(18)16-11-6-3-7-12-16;2-1(3)4/h2-14H,1H3;1H/p+1. The molecule has 124 valence electrons. The van der Waals surface area contributed by atoms with Crippen LogP contribution in [0, 0.1) is 0 Å². The molecule has 0 saturated carbocycles. The summed E-state index contributed by atoms with van der Waals surface area (Å²) in [5, 5.41) is 0. The van der Waals surface area contributed by atoms with Crippen LogP contribution in [0.25, 0.3) is 22.3 Å². The first-order chi connectivity index (χ1) is 11.6. The van der Waals surface area contributed by atoms with Gasteiger partial charge >= 0.3 is 6.68 Å². The highest BCUT2D eigenvalue weighted by molar-refractivity contribution is 7.78. The smallest absolute Gasteiger partial charge is 0.174 e. The summed E-state index contributed by atoms with van der Waals surface area (Å²) in [7, 11) is 0. The topological polar surface area (TPSA) is 0 Å². The van der Waals surface area contributed by atoms with Gasteiger partial charge in [0.05, 0.1) is 0 Å². The summed E-state index contributed by atoms with van der Waals surface area (Å²) in [6, 6.07) is 27.9. The first-order valence-corrected chi connectivity index (χ1v) is 8.73. The van der Waals surface area contributed by atoms with Crippen molar-refractivity contribution in [1.29, 1.82) is 0 Å². The molecule has 0 atom stereocenters. The minimum Gasteiger partial charge on any atom is -0.174 e. The third-order valence-electron chi connectivity index (χ3n) is 3.43. The third-order valence-corrected chi connectivity index (χ3v) is 4.29. The monoisotopic (exact) mass is 347 g/mol. The second-order valence-electron chi connectivity index (χ2n) is 4.90. The molecule has 0 saturated heterocycles. The van der Waals surface area contributed by atoms with Gasteiger partial charge in [0.15, 0.2) is 4.90 Å². The van der Waals surface area contributed by atoms with E-state index in [2.05, 4.69) is 85.1 Å². The molecule has 3 rings (SSSR count). The van der Waals surface area contributed by atoms with Crippen molar-refractivity contribution in [3.63, 3.8) is 0 Å². The van der Waals surface area contributed by atoms with Crippen LogP contribution in [-0.2, 0) is 11.8 Å². The third kappa shape index (κ3) is 4.90. The molecular weight excluding hydrogens is 329 g/mol. The van der Waals surface area contributed by atoms with Gasteiger partial charge in [-0.2, -0.15) is 13.2 Å². The first-order valence-electron chi connectivity index (χ1n) is 7.39. The summed E-state index contributed by atoms with van der Waals surface area (Å²) in [5.74, 6) is 0.